The lowest BCUT2D eigenvalue weighted by Crippen LogP contribution is -2.51. The average Bonchev–Trinajstić information content (AvgIpc) is 2.37. The number of nitrogens with two attached hydrogens (primary N) is 1. The van der Waals surface area contributed by atoms with Crippen molar-refractivity contribution in [1.29, 1.82) is 0 Å². The van der Waals surface area contributed by atoms with E-state index in [1.165, 1.54) is 16.1 Å². The van der Waals surface area contributed by atoms with Crippen LogP contribution in [0.5, 0.6) is 0 Å². The third kappa shape index (κ3) is 3.10. The van der Waals surface area contributed by atoms with Crippen LogP contribution in [0.4, 0.5) is 0 Å². The Hall–Kier alpha value is -0.470. The lowest BCUT2D eigenvalue weighted by atomic mass is 9.96. The maximum atomic E-state index is 11.9. The molecule has 1 aliphatic rings. The molecule has 1 heterocycles. The van der Waals surface area contributed by atoms with Crippen LogP contribution in [0.3, 0.4) is 0 Å². The van der Waals surface area contributed by atoms with Crippen molar-refractivity contribution in [1.82, 2.24) is 4.31 Å². The van der Waals surface area contributed by atoms with Crippen LogP contribution in [0.25, 0.3) is 0 Å². The minimum Gasteiger partial charge on any atom is -0.409 e. The second kappa shape index (κ2) is 6.12. The van der Waals surface area contributed by atoms with E-state index >= 15 is 0 Å². The highest BCUT2D eigenvalue weighted by atomic mass is 32.2. The van der Waals surface area contributed by atoms with E-state index in [0.29, 0.717) is 32.4 Å². The molecule has 0 spiro atoms. The van der Waals surface area contributed by atoms with Crippen molar-refractivity contribution in [2.45, 2.75) is 30.9 Å². The van der Waals surface area contributed by atoms with Gasteiger partial charge in [0.25, 0.3) is 0 Å². The van der Waals surface area contributed by atoms with Gasteiger partial charge in [0.15, 0.2) is 5.84 Å². The van der Waals surface area contributed by atoms with Gasteiger partial charge in [-0.3, -0.25) is 0 Å². The number of amidine groups is 1. The SMILES string of the molecule is CCCS(=O)(=O)N1CCC(SC)(C(N)=NO)CC1. The average molecular weight is 295 g/mol. The van der Waals surface area contributed by atoms with Gasteiger partial charge >= 0.3 is 0 Å². The Bertz CT molecular complexity index is 401. The molecule has 0 aromatic carbocycles. The molecule has 3 N–H and O–H groups in total. The van der Waals surface area contributed by atoms with Gasteiger partial charge in [-0.1, -0.05) is 12.1 Å². The minimum atomic E-state index is -3.14. The molecule has 8 heteroatoms. The molecule has 1 rings (SSSR count). The Morgan fingerprint density at radius 1 is 1.50 bits per heavy atom. The highest BCUT2D eigenvalue weighted by Crippen LogP contribution is 2.35. The third-order valence-electron chi connectivity index (χ3n) is 3.35. The van der Waals surface area contributed by atoms with E-state index in [0.717, 1.165) is 0 Å². The van der Waals surface area contributed by atoms with Crippen molar-refractivity contribution in [3.05, 3.63) is 0 Å². The van der Waals surface area contributed by atoms with Gasteiger partial charge in [-0.05, 0) is 25.5 Å². The fourth-order valence-corrected chi connectivity index (χ4v) is 4.52. The Morgan fingerprint density at radius 3 is 2.44 bits per heavy atom. The smallest absolute Gasteiger partial charge is 0.214 e. The van der Waals surface area contributed by atoms with E-state index in [1.54, 1.807) is 0 Å². The summed E-state index contributed by atoms with van der Waals surface area (Å²) < 4.78 is 24.9. The summed E-state index contributed by atoms with van der Waals surface area (Å²) in [5.74, 6) is 0.366. The van der Waals surface area contributed by atoms with Gasteiger partial charge in [0.05, 0.1) is 10.5 Å². The Labute approximate surface area is 113 Å². The van der Waals surface area contributed by atoms with Gasteiger partial charge in [-0.25, -0.2) is 12.7 Å². The van der Waals surface area contributed by atoms with Crippen LogP contribution in [-0.4, -0.2) is 53.6 Å². The molecule has 0 aliphatic carbocycles. The summed E-state index contributed by atoms with van der Waals surface area (Å²) in [4.78, 5) is 0. The van der Waals surface area contributed by atoms with Crippen LogP contribution >= 0.6 is 11.8 Å². The van der Waals surface area contributed by atoms with Gasteiger partial charge in [0, 0.05) is 13.1 Å². The minimum absolute atomic E-state index is 0.183. The van der Waals surface area contributed by atoms with Gasteiger partial charge in [-0.2, -0.15) is 11.8 Å². The molecule has 0 amide bonds. The van der Waals surface area contributed by atoms with Crippen LogP contribution in [0.2, 0.25) is 0 Å². The quantitative estimate of drug-likeness (QED) is 0.336. The normalized spacial score (nSPS) is 22.0. The molecular weight excluding hydrogens is 274 g/mol. The van der Waals surface area contributed by atoms with Crippen LogP contribution in [0, 0.1) is 0 Å². The largest absolute Gasteiger partial charge is 0.409 e. The number of oxime groups is 1. The maximum Gasteiger partial charge on any atom is 0.214 e. The first-order valence-corrected chi connectivity index (χ1v) is 8.76. The number of rotatable bonds is 5. The van der Waals surface area contributed by atoms with Crippen LogP contribution in [-0.2, 0) is 10.0 Å². The molecule has 106 valence electrons. The number of hydrogen-bond acceptors (Lipinski definition) is 5. The molecule has 0 saturated carbocycles. The summed E-state index contributed by atoms with van der Waals surface area (Å²) in [6.07, 6.45) is 3.67. The lowest BCUT2D eigenvalue weighted by molar-refractivity contribution is 0.300. The zero-order valence-electron chi connectivity index (χ0n) is 10.8. The molecule has 6 nitrogen and oxygen atoms in total. The molecule has 18 heavy (non-hydrogen) atoms. The van der Waals surface area contributed by atoms with Crippen molar-refractivity contribution < 1.29 is 13.6 Å². The summed E-state index contributed by atoms with van der Waals surface area (Å²) >= 11 is 1.51. The molecular formula is C10H21N3O3S2. The second-order valence-corrected chi connectivity index (χ2v) is 7.68. The van der Waals surface area contributed by atoms with E-state index in [1.807, 2.05) is 13.2 Å². The summed E-state index contributed by atoms with van der Waals surface area (Å²) in [5.41, 5.74) is 5.72. The standard InChI is InChI=1S/C10H21N3O3S2/c1-3-8-18(15,16)13-6-4-10(17-2,5-7-13)9(11)12-14/h14H,3-8H2,1-2H3,(H2,11,12). The summed E-state index contributed by atoms with van der Waals surface area (Å²) in [6, 6.07) is 0. The van der Waals surface area contributed by atoms with E-state index in [9.17, 15) is 8.42 Å². The topological polar surface area (TPSA) is 96.0 Å². The number of nitrogens with zero attached hydrogens (tertiary/aromatic N) is 2. The Morgan fingerprint density at radius 2 is 2.06 bits per heavy atom. The van der Waals surface area contributed by atoms with Gasteiger partial charge < -0.3 is 10.9 Å². The van der Waals surface area contributed by atoms with Crippen LogP contribution in [0.15, 0.2) is 5.16 Å². The fraction of sp³-hybridized carbons (Fsp3) is 0.900. The third-order valence-corrected chi connectivity index (χ3v) is 6.83. The fourth-order valence-electron chi connectivity index (χ4n) is 2.17. The molecule has 0 bridgehead atoms. The monoisotopic (exact) mass is 295 g/mol. The zero-order valence-corrected chi connectivity index (χ0v) is 12.4. The number of piperidine rings is 1. The predicted molar refractivity (Wildman–Crippen MR) is 74.5 cm³/mol. The van der Waals surface area contributed by atoms with E-state index in [4.69, 9.17) is 10.9 Å². The Balaban J connectivity index is 2.76. The molecule has 1 fully saturated rings. The lowest BCUT2D eigenvalue weighted by Gasteiger charge is -2.39. The number of thioether (sulfide) groups is 1. The van der Waals surface area contributed by atoms with Gasteiger partial charge in [0.2, 0.25) is 10.0 Å². The Kier molecular flexibility index (Phi) is 5.30. The van der Waals surface area contributed by atoms with Crippen molar-refractivity contribution in [3.8, 4) is 0 Å². The molecule has 0 radical (unpaired) electrons. The first-order valence-electron chi connectivity index (χ1n) is 5.93. The van der Waals surface area contributed by atoms with Crippen LogP contribution < -0.4 is 5.73 Å². The van der Waals surface area contributed by atoms with Crippen molar-refractivity contribution in [2.75, 3.05) is 25.1 Å². The van der Waals surface area contributed by atoms with Gasteiger partial charge in [-0.15, -0.1) is 0 Å². The van der Waals surface area contributed by atoms with Crippen LogP contribution in [0.1, 0.15) is 26.2 Å². The summed E-state index contributed by atoms with van der Waals surface area (Å²) in [5, 5.41) is 11.9. The highest BCUT2D eigenvalue weighted by Gasteiger charge is 2.40. The van der Waals surface area contributed by atoms with E-state index in [-0.39, 0.29) is 11.6 Å². The number of hydrogen-bond donors (Lipinski definition) is 2. The molecule has 1 saturated heterocycles. The van der Waals surface area contributed by atoms with Crippen molar-refractivity contribution in [3.63, 3.8) is 0 Å². The summed E-state index contributed by atoms with van der Waals surface area (Å²) in [6.45, 7) is 2.71. The first-order chi connectivity index (χ1) is 8.41. The van der Waals surface area contributed by atoms with Gasteiger partial charge in [0.1, 0.15) is 0 Å². The maximum absolute atomic E-state index is 11.9. The van der Waals surface area contributed by atoms with E-state index in [2.05, 4.69) is 5.16 Å². The predicted octanol–water partition coefficient (Wildman–Crippen LogP) is 0.670. The van der Waals surface area contributed by atoms with Crippen molar-refractivity contribution in [2.24, 2.45) is 10.9 Å². The van der Waals surface area contributed by atoms with E-state index < -0.39 is 14.8 Å². The summed E-state index contributed by atoms with van der Waals surface area (Å²) in [7, 11) is -3.14. The highest BCUT2D eigenvalue weighted by molar-refractivity contribution is 8.00. The molecule has 0 atom stereocenters. The second-order valence-electron chi connectivity index (χ2n) is 4.40. The first kappa shape index (κ1) is 15.6. The molecule has 0 unspecified atom stereocenters. The zero-order chi connectivity index (χ0) is 13.8. The molecule has 1 aliphatic heterocycles. The molecule has 0 aromatic rings. The molecule has 0 aromatic heterocycles. The van der Waals surface area contributed by atoms with Crippen molar-refractivity contribution >= 4 is 27.6 Å². The number of sulfonamides is 1.